The van der Waals surface area contributed by atoms with Crippen molar-refractivity contribution >= 4 is 201 Å². The summed E-state index contributed by atoms with van der Waals surface area (Å²) in [6.07, 6.45) is -5.58. The summed E-state index contributed by atoms with van der Waals surface area (Å²) in [4.78, 5) is 68.5. The fourth-order valence-corrected chi connectivity index (χ4v) is 35.4. The van der Waals surface area contributed by atoms with E-state index in [2.05, 4.69) is 211 Å². The first-order chi connectivity index (χ1) is 61.9. The van der Waals surface area contributed by atoms with E-state index in [0.717, 1.165) is 50.9 Å². The van der Waals surface area contributed by atoms with Gasteiger partial charge in [0.1, 0.15) is 60.7 Å². The summed E-state index contributed by atoms with van der Waals surface area (Å²) >= 11 is 7.00. The van der Waals surface area contributed by atoms with Crippen LogP contribution < -0.4 is 92.3 Å². The van der Waals surface area contributed by atoms with Gasteiger partial charge >= 0.3 is 24.1 Å². The van der Waals surface area contributed by atoms with Crippen molar-refractivity contribution in [2.45, 2.75) is 161 Å². The quantitative estimate of drug-likeness (QED) is 0.0185. The molecule has 3 atom stereocenters. The molecule has 21 nitrogen and oxygen atoms in total. The Morgan fingerprint density at radius 3 is 0.876 bits per heavy atom. The summed E-state index contributed by atoms with van der Waals surface area (Å²) < 4.78 is 83.3. The number of carbonyl (C=O) groups excluding carboxylic acids is 5. The second-order valence-electron chi connectivity index (χ2n) is 34.2. The van der Waals surface area contributed by atoms with Gasteiger partial charge in [0, 0.05) is 116 Å². The van der Waals surface area contributed by atoms with E-state index in [1.165, 1.54) is 137 Å². The first kappa shape index (κ1) is 92.7. The van der Waals surface area contributed by atoms with Gasteiger partial charge in [0.2, 0.25) is 18.1 Å². The minimum atomic E-state index is -4.64. The van der Waals surface area contributed by atoms with E-state index in [1.807, 2.05) is 48.5 Å². The van der Waals surface area contributed by atoms with Crippen LogP contribution in [-0.2, 0) is 101 Å². The van der Waals surface area contributed by atoms with Gasteiger partial charge in [-0.3, -0.25) is 33.2 Å². The summed E-state index contributed by atoms with van der Waals surface area (Å²) in [5.74, 6) is -2.56. The van der Waals surface area contributed by atoms with Crippen molar-refractivity contribution in [1.82, 2.24) is 0 Å². The summed E-state index contributed by atoms with van der Waals surface area (Å²) in [5, 5.41) is 33.8. The fourth-order valence-electron chi connectivity index (χ4n) is 19.3. The Kier molecular flexibility index (Phi) is 26.4. The SMILES string of the molecule is CC(=O)Nc1ccc2c(c1)[Si](C)(C)c1cc(N)ccc1C21OCc2sccc21.CC(=O)OC(C)=O.C[Si]1(C)c2cc(N)ccc2C2(OCc3sccc32)c2ccc(N)cc21.C[Si]1(C)c2cc(N)ccc2C2(OCc3sccc32)c2ccc(N)cc21.C[Si]1(C)c2cc(N)ccc2C2(OCc3sccc32)c2ccc(NC(=O)CCC(N)C(=O)O)cc21.O=CC(F)(F)F.[2H]CC.[2H]CF. The van der Waals surface area contributed by atoms with Gasteiger partial charge in [-0.2, -0.15) is 13.2 Å². The predicted molar refractivity (Wildman–Crippen MR) is 522 cm³/mol. The maximum atomic E-state index is 12.5. The van der Waals surface area contributed by atoms with Crippen LogP contribution in [0.5, 0.6) is 0 Å². The molecule has 20 rings (SSSR count). The summed E-state index contributed by atoms with van der Waals surface area (Å²) in [7, 11) is -9.10. The van der Waals surface area contributed by atoms with E-state index < -0.39 is 98.3 Å². The van der Waals surface area contributed by atoms with E-state index >= 15 is 0 Å². The highest BCUT2D eigenvalue weighted by Crippen LogP contribution is 2.56. The monoisotopic (exact) mass is 1890 g/mol. The number of hydrogen-bond donors (Lipinski definition) is 10. The highest BCUT2D eigenvalue weighted by Gasteiger charge is 2.58. The Morgan fingerprint density at radius 1 is 0.442 bits per heavy atom. The molecule has 12 heterocycles. The number of ether oxygens (including phenoxy) is 5. The Hall–Kier alpha value is -11.0. The largest absolute Gasteiger partial charge is 0.480 e. The second-order valence-corrected chi connectivity index (χ2v) is 55.5. The maximum absolute atomic E-state index is 12.5. The number of thiophene rings is 4. The molecule has 0 bridgehead atoms. The number of hydrogen-bond acceptors (Lipinski definition) is 22. The van der Waals surface area contributed by atoms with Crippen molar-refractivity contribution in [2.24, 2.45) is 5.73 Å². The van der Waals surface area contributed by atoms with Gasteiger partial charge in [-0.1, -0.05) is 115 Å². The third-order valence-electron chi connectivity index (χ3n) is 24.9. The van der Waals surface area contributed by atoms with E-state index in [0.29, 0.717) is 39.0 Å². The molecule has 4 aromatic heterocycles. The number of carboxylic acids is 1. The van der Waals surface area contributed by atoms with Crippen LogP contribution in [0.15, 0.2) is 191 Å². The molecule has 0 saturated carbocycles. The number of nitrogens with one attached hydrogen (secondary N) is 2. The summed E-state index contributed by atoms with van der Waals surface area (Å²) in [6, 6.07) is 57.7. The van der Waals surface area contributed by atoms with Gasteiger partial charge in [0.15, 0.2) is 0 Å². The van der Waals surface area contributed by atoms with E-state index in [-0.39, 0.29) is 24.7 Å². The number of carbonyl (C=O) groups is 6. The molecule has 12 aromatic rings. The van der Waals surface area contributed by atoms with Gasteiger partial charge in [-0.05, 0) is 235 Å². The zero-order valence-electron chi connectivity index (χ0n) is 75.4. The minimum Gasteiger partial charge on any atom is -0.480 e. The topological polar surface area (TPSA) is 375 Å². The Balaban J connectivity index is 0.000000140. The lowest BCUT2D eigenvalue weighted by atomic mass is 9.80. The van der Waals surface area contributed by atoms with Crippen LogP contribution in [0, 0.1) is 0 Å². The lowest BCUT2D eigenvalue weighted by Gasteiger charge is -2.44. The van der Waals surface area contributed by atoms with E-state index in [4.69, 9.17) is 71.7 Å². The molecular formula is C96H105F4N9O12S4Si4. The highest BCUT2D eigenvalue weighted by atomic mass is 32.1. The van der Waals surface area contributed by atoms with Gasteiger partial charge in [0.05, 0.1) is 35.0 Å². The van der Waals surface area contributed by atoms with E-state index in [1.54, 1.807) is 52.3 Å². The third kappa shape index (κ3) is 17.1. The molecule has 0 radical (unpaired) electrons. The lowest BCUT2D eigenvalue weighted by molar-refractivity contribution is -0.156. The van der Waals surface area contributed by atoms with Gasteiger partial charge in [-0.15, -0.1) is 45.3 Å². The summed E-state index contributed by atoms with van der Waals surface area (Å²) in [6.45, 7) is 27.4. The Morgan fingerprint density at radius 2 is 0.667 bits per heavy atom. The number of esters is 2. The van der Waals surface area contributed by atoms with E-state index in [9.17, 15) is 41.5 Å². The predicted octanol–water partition coefficient (Wildman–Crippen LogP) is 13.9. The molecule has 674 valence electrons. The zero-order chi connectivity index (χ0) is 95.2. The Bertz CT molecular complexity index is 6150. The van der Waals surface area contributed by atoms with Crippen LogP contribution in [0.2, 0.25) is 52.4 Å². The second kappa shape index (κ2) is 36.7. The number of anilines is 8. The molecule has 8 aromatic carbocycles. The average molecular weight is 1900 g/mol. The molecule has 0 saturated heterocycles. The first-order valence-corrected chi connectivity index (χ1v) is 56.9. The minimum absolute atomic E-state index is 0.0378. The Labute approximate surface area is 769 Å². The number of halogens is 4. The van der Waals surface area contributed by atoms with Gasteiger partial charge in [0.25, 0.3) is 0 Å². The number of carboxylic acid groups (broad SMARTS) is 1. The normalized spacial score (nSPS) is 18.4. The van der Waals surface area contributed by atoms with Gasteiger partial charge < -0.3 is 79.6 Å². The number of nitrogens with two attached hydrogens (primary N) is 7. The molecule has 2 amide bonds. The van der Waals surface area contributed by atoms with Crippen LogP contribution in [0.1, 0.15) is 136 Å². The van der Waals surface area contributed by atoms with Crippen LogP contribution in [0.25, 0.3) is 0 Å². The number of nitrogen functional groups attached to an aromatic ring is 6. The molecule has 0 fully saturated rings. The molecule has 3 unspecified atom stereocenters. The fraction of sp³-hybridized carbons (Fsp3) is 0.271. The maximum Gasteiger partial charge on any atom is 0.446 e. The first-order valence-electron chi connectivity index (χ1n) is 42.8. The molecule has 33 heteroatoms. The smallest absolute Gasteiger partial charge is 0.446 e. The number of aldehydes is 1. The highest BCUT2D eigenvalue weighted by molar-refractivity contribution is 7.11. The molecule has 0 aliphatic carbocycles. The molecule has 8 aliphatic heterocycles. The number of benzene rings is 8. The third-order valence-corrected chi connectivity index (χ3v) is 42.6. The van der Waals surface area contributed by atoms with Gasteiger partial charge in [-0.25, -0.2) is 0 Å². The van der Waals surface area contributed by atoms with Crippen LogP contribution in [0.3, 0.4) is 0 Å². The average Bonchev–Trinajstić information content (AvgIpc) is 1.67. The van der Waals surface area contributed by atoms with Crippen molar-refractivity contribution in [2.75, 3.05) is 52.2 Å². The van der Waals surface area contributed by atoms with Crippen molar-refractivity contribution in [3.05, 3.63) is 278 Å². The molecule has 8 aliphatic rings. The number of rotatable bonds is 6. The van der Waals surface area contributed by atoms with Crippen LogP contribution in [0.4, 0.5) is 63.1 Å². The zero-order valence-corrected chi connectivity index (χ0v) is 80.7. The van der Waals surface area contributed by atoms with Crippen LogP contribution in [-0.4, -0.2) is 92.8 Å². The summed E-state index contributed by atoms with van der Waals surface area (Å²) in [5.41, 5.74) is 61.3. The van der Waals surface area contributed by atoms with Crippen LogP contribution >= 0.6 is 45.3 Å². The number of aliphatic carboxylic acids is 1. The lowest BCUT2D eigenvalue weighted by Crippen LogP contribution is -2.63. The molecular weight excluding hydrogens is 1790 g/mol. The standard InChI is InChI=1S/C25H27N3O4SSi.C22H22N2O2SSi.2C20H20N2OSSi.C4H6O3.C2HF3O.C2H6.CH3F/c1-34(2)21-11-14(26)3-5-17(21)25(16-9-10-33-20(16)13-32-25)18-6-4-15(12-22(18)34)28-23(29)8-7-19(27)24(30)31;1-13(25)24-15-5-7-18-21(11-15)28(2,3)20-10-14(23)4-6-17(20)22(18)16-8-9-27-19(16)12-26-22;2*1-25(2)18-9-12(21)3-5-15(18)20(14-7-8-24-17(14)11-23-20)16-6-4-13(22)10-19(16)25;1-3(5)7-4(2)6;3-2(4,5)1-6;2*1-2/h3-6,9-12,19H,7-8,13,26-27H2,1-2H3,(H,28,29)(H,30,31);4-11H,12,23H2,1-3H3,(H,24,25);2*3-10H,11,21-22H2,1-2H3;1-2H3;1H;1-2H3;1H3/i;;;;;;2*1D. The van der Waals surface area contributed by atoms with Crippen molar-refractivity contribution in [3.8, 4) is 0 Å². The van der Waals surface area contributed by atoms with Crippen molar-refractivity contribution in [1.29, 1.82) is 0 Å². The molecule has 4 spiro atoms. The number of fused-ring (bicyclic) bond motifs is 24. The number of amides is 2. The van der Waals surface area contributed by atoms with Crippen molar-refractivity contribution in [3.63, 3.8) is 0 Å². The number of alkyl halides is 4. The van der Waals surface area contributed by atoms with Crippen molar-refractivity contribution < 1.29 is 77.9 Å². The molecule has 17 N–H and O–H groups in total. The molecule has 129 heavy (non-hydrogen) atoms.